The van der Waals surface area contributed by atoms with Gasteiger partial charge >= 0.3 is 0 Å². The Labute approximate surface area is 106 Å². The molecule has 0 saturated carbocycles. The average Bonchev–Trinajstić information content (AvgIpc) is 2.87. The molecule has 0 atom stereocenters. The maximum absolute atomic E-state index is 5.41. The van der Waals surface area contributed by atoms with Crippen molar-refractivity contribution in [1.82, 2.24) is 10.1 Å². The molecule has 0 unspecified atom stereocenters. The van der Waals surface area contributed by atoms with E-state index in [0.29, 0.717) is 0 Å². The normalized spacial score (nSPS) is 15.8. The van der Waals surface area contributed by atoms with Gasteiger partial charge in [-0.15, -0.1) is 0 Å². The molecule has 1 saturated heterocycles. The third-order valence-corrected chi connectivity index (χ3v) is 4.44. The third-order valence-electron chi connectivity index (χ3n) is 2.89. The molecule has 2 heterocycles. The van der Waals surface area contributed by atoms with Crippen LogP contribution in [-0.2, 0) is 5.75 Å². The van der Waals surface area contributed by atoms with E-state index in [9.17, 15) is 0 Å². The fourth-order valence-corrected chi connectivity index (χ4v) is 3.24. The number of thioether (sulfide) groups is 1. The number of rotatable bonds is 2. The molecule has 0 spiro atoms. The lowest BCUT2D eigenvalue weighted by atomic mass is 10.2. The minimum atomic E-state index is 0.872. The van der Waals surface area contributed by atoms with Crippen LogP contribution in [0.4, 0.5) is 0 Å². The quantitative estimate of drug-likeness (QED) is 0.759. The second-order valence-electron chi connectivity index (χ2n) is 4.05. The minimum Gasteiger partial charge on any atom is -0.361 e. The Hall–Kier alpha value is -0.550. The molecule has 0 amide bonds. The predicted molar refractivity (Wildman–Crippen MR) is 70.7 cm³/mol. The molecule has 2 rings (SSSR count). The van der Waals surface area contributed by atoms with Gasteiger partial charge in [-0.25, -0.2) is 0 Å². The number of likely N-dealkylation sites (tertiary alicyclic amines) is 1. The fraction of sp³-hybridized carbons (Fsp3) is 0.636. The van der Waals surface area contributed by atoms with Gasteiger partial charge in [0.05, 0.1) is 5.69 Å². The smallest absolute Gasteiger partial charge is 0.137 e. The Balaban J connectivity index is 1.89. The third kappa shape index (κ3) is 2.58. The summed E-state index contributed by atoms with van der Waals surface area (Å²) in [6.45, 7) is 6.17. The van der Waals surface area contributed by atoms with Gasteiger partial charge in [0.25, 0.3) is 0 Å². The standard InChI is InChI=1S/C11H16N2OS2/c1-8-10(9(2)14-12-8)7-16-11(15)13-5-3-4-6-13/h3-7H2,1-2H3. The summed E-state index contributed by atoms with van der Waals surface area (Å²) in [5.41, 5.74) is 2.17. The van der Waals surface area contributed by atoms with E-state index in [2.05, 4.69) is 10.1 Å². The van der Waals surface area contributed by atoms with Crippen LogP contribution in [0, 0.1) is 13.8 Å². The number of hydrogen-bond acceptors (Lipinski definition) is 4. The van der Waals surface area contributed by atoms with E-state index in [1.54, 1.807) is 11.8 Å². The maximum atomic E-state index is 5.41. The highest BCUT2D eigenvalue weighted by molar-refractivity contribution is 8.22. The van der Waals surface area contributed by atoms with Gasteiger partial charge in [-0.2, -0.15) is 0 Å². The lowest BCUT2D eigenvalue weighted by molar-refractivity contribution is 0.392. The molecule has 0 aliphatic carbocycles. The summed E-state index contributed by atoms with van der Waals surface area (Å²) >= 11 is 7.13. The first-order valence-electron chi connectivity index (χ1n) is 5.52. The molecule has 1 fully saturated rings. The molecule has 16 heavy (non-hydrogen) atoms. The Morgan fingerprint density at radius 2 is 2.12 bits per heavy atom. The molecule has 3 nitrogen and oxygen atoms in total. The van der Waals surface area contributed by atoms with E-state index in [1.807, 2.05) is 13.8 Å². The summed E-state index contributed by atoms with van der Waals surface area (Å²) in [7, 11) is 0. The molecule has 0 bridgehead atoms. The van der Waals surface area contributed by atoms with Gasteiger partial charge in [-0.1, -0.05) is 29.1 Å². The Morgan fingerprint density at radius 3 is 2.69 bits per heavy atom. The second-order valence-corrected chi connectivity index (χ2v) is 5.66. The van der Waals surface area contributed by atoms with Gasteiger partial charge in [-0.3, -0.25) is 0 Å². The van der Waals surface area contributed by atoms with Crippen molar-refractivity contribution in [2.45, 2.75) is 32.4 Å². The monoisotopic (exact) mass is 256 g/mol. The molecule has 1 aromatic heterocycles. The van der Waals surface area contributed by atoms with Crippen LogP contribution in [-0.4, -0.2) is 27.5 Å². The van der Waals surface area contributed by atoms with E-state index in [4.69, 9.17) is 16.7 Å². The lowest BCUT2D eigenvalue weighted by Crippen LogP contribution is -2.23. The summed E-state index contributed by atoms with van der Waals surface area (Å²) in [5.74, 6) is 1.78. The zero-order valence-corrected chi connectivity index (χ0v) is 11.3. The summed E-state index contributed by atoms with van der Waals surface area (Å²) in [6, 6.07) is 0. The molecular formula is C11H16N2OS2. The van der Waals surface area contributed by atoms with Crippen molar-refractivity contribution in [1.29, 1.82) is 0 Å². The molecule has 88 valence electrons. The maximum Gasteiger partial charge on any atom is 0.137 e. The SMILES string of the molecule is Cc1noc(C)c1CSC(=S)N1CCCC1. The van der Waals surface area contributed by atoms with Crippen LogP contribution in [0.2, 0.25) is 0 Å². The highest BCUT2D eigenvalue weighted by atomic mass is 32.2. The van der Waals surface area contributed by atoms with E-state index in [1.165, 1.54) is 18.4 Å². The van der Waals surface area contributed by atoms with Gasteiger partial charge < -0.3 is 9.42 Å². The number of nitrogens with zero attached hydrogens (tertiary/aromatic N) is 2. The largest absolute Gasteiger partial charge is 0.361 e. The van der Waals surface area contributed by atoms with Crippen molar-refractivity contribution < 1.29 is 4.52 Å². The van der Waals surface area contributed by atoms with Crippen molar-refractivity contribution in [3.05, 3.63) is 17.0 Å². The molecule has 0 radical (unpaired) electrons. The summed E-state index contributed by atoms with van der Waals surface area (Å²) in [5, 5.41) is 3.95. The second kappa shape index (κ2) is 5.19. The van der Waals surface area contributed by atoms with Crippen LogP contribution in [0.25, 0.3) is 0 Å². The molecule has 0 aromatic carbocycles. The van der Waals surface area contributed by atoms with Gasteiger partial charge in [0, 0.05) is 24.4 Å². The van der Waals surface area contributed by atoms with Crippen LogP contribution in [0.15, 0.2) is 4.52 Å². The van der Waals surface area contributed by atoms with E-state index >= 15 is 0 Å². The molecular weight excluding hydrogens is 240 g/mol. The highest BCUT2D eigenvalue weighted by Gasteiger charge is 2.16. The first kappa shape index (κ1) is 11.9. The summed E-state index contributed by atoms with van der Waals surface area (Å²) in [4.78, 5) is 2.29. The van der Waals surface area contributed by atoms with Crippen molar-refractivity contribution in [3.63, 3.8) is 0 Å². The summed E-state index contributed by atoms with van der Waals surface area (Å²) < 4.78 is 6.14. The Morgan fingerprint density at radius 1 is 1.44 bits per heavy atom. The van der Waals surface area contributed by atoms with Crippen LogP contribution >= 0.6 is 24.0 Å². The van der Waals surface area contributed by atoms with Crippen LogP contribution in [0.5, 0.6) is 0 Å². The van der Waals surface area contributed by atoms with E-state index < -0.39 is 0 Å². The zero-order chi connectivity index (χ0) is 11.5. The van der Waals surface area contributed by atoms with Crippen molar-refractivity contribution in [2.24, 2.45) is 0 Å². The Bertz CT molecular complexity index is 364. The molecule has 1 aliphatic heterocycles. The van der Waals surface area contributed by atoms with Crippen LogP contribution in [0.3, 0.4) is 0 Å². The summed E-state index contributed by atoms with van der Waals surface area (Å²) in [6.07, 6.45) is 2.54. The van der Waals surface area contributed by atoms with Crippen molar-refractivity contribution >= 4 is 28.3 Å². The highest BCUT2D eigenvalue weighted by Crippen LogP contribution is 2.23. The molecule has 1 aromatic rings. The first-order chi connectivity index (χ1) is 7.68. The molecule has 1 aliphatic rings. The average molecular weight is 256 g/mol. The van der Waals surface area contributed by atoms with Gasteiger partial charge in [-0.05, 0) is 26.7 Å². The van der Waals surface area contributed by atoms with Crippen molar-refractivity contribution in [2.75, 3.05) is 13.1 Å². The molecule has 0 N–H and O–H groups in total. The van der Waals surface area contributed by atoms with Crippen molar-refractivity contribution in [3.8, 4) is 0 Å². The number of hydrogen-bond donors (Lipinski definition) is 0. The Kier molecular flexibility index (Phi) is 3.86. The lowest BCUT2D eigenvalue weighted by Gasteiger charge is -2.17. The zero-order valence-electron chi connectivity index (χ0n) is 9.65. The number of thiocarbonyl (C=S) groups is 1. The minimum absolute atomic E-state index is 0.872. The van der Waals surface area contributed by atoms with E-state index in [-0.39, 0.29) is 0 Å². The van der Waals surface area contributed by atoms with E-state index in [0.717, 1.165) is 34.6 Å². The van der Waals surface area contributed by atoms with Crippen LogP contribution in [0.1, 0.15) is 29.9 Å². The number of aryl methyl sites for hydroxylation is 2. The predicted octanol–water partition coefficient (Wildman–Crippen LogP) is 2.91. The fourth-order valence-electron chi connectivity index (χ4n) is 1.83. The first-order valence-corrected chi connectivity index (χ1v) is 6.91. The van der Waals surface area contributed by atoms with Crippen LogP contribution < -0.4 is 0 Å². The number of aromatic nitrogens is 1. The van der Waals surface area contributed by atoms with Gasteiger partial charge in [0.1, 0.15) is 10.1 Å². The van der Waals surface area contributed by atoms with Gasteiger partial charge in [0.2, 0.25) is 0 Å². The van der Waals surface area contributed by atoms with Gasteiger partial charge in [0.15, 0.2) is 0 Å². The molecule has 5 heteroatoms. The topological polar surface area (TPSA) is 29.3 Å².